The maximum absolute atomic E-state index is 12.5. The molecule has 0 saturated carbocycles. The first-order valence-corrected chi connectivity index (χ1v) is 9.49. The van der Waals surface area contributed by atoms with Crippen LogP contribution in [-0.2, 0) is 14.8 Å². The SMILES string of the molecule is CCOCCOc1c(Cl)cc(S(=O)(=O)NCCN)c2ccccc12.Cl. The number of nitrogens with two attached hydrogens (primary N) is 1. The number of hydrogen-bond acceptors (Lipinski definition) is 5. The quantitative estimate of drug-likeness (QED) is 0.622. The lowest BCUT2D eigenvalue weighted by Crippen LogP contribution is -2.29. The molecule has 2 aromatic carbocycles. The van der Waals surface area contributed by atoms with Crippen molar-refractivity contribution in [1.29, 1.82) is 0 Å². The van der Waals surface area contributed by atoms with Gasteiger partial charge in [-0.1, -0.05) is 35.9 Å². The Bertz CT molecular complexity index is 800. The predicted octanol–water partition coefficient (Wildman–Crippen LogP) is 2.57. The molecule has 0 spiro atoms. The first-order valence-electron chi connectivity index (χ1n) is 7.62. The Hall–Kier alpha value is -1.09. The number of ether oxygens (including phenoxy) is 2. The average molecular weight is 409 g/mol. The minimum atomic E-state index is -3.71. The van der Waals surface area contributed by atoms with E-state index in [1.54, 1.807) is 24.3 Å². The summed E-state index contributed by atoms with van der Waals surface area (Å²) in [5.74, 6) is 0.449. The lowest BCUT2D eigenvalue weighted by atomic mass is 10.1. The van der Waals surface area contributed by atoms with E-state index >= 15 is 0 Å². The molecule has 0 bridgehead atoms. The van der Waals surface area contributed by atoms with Gasteiger partial charge in [-0.3, -0.25) is 0 Å². The van der Waals surface area contributed by atoms with Crippen LogP contribution in [0.1, 0.15) is 6.92 Å². The minimum Gasteiger partial charge on any atom is -0.489 e. The highest BCUT2D eigenvalue weighted by Gasteiger charge is 2.21. The van der Waals surface area contributed by atoms with Crippen molar-refractivity contribution in [3.05, 3.63) is 35.4 Å². The van der Waals surface area contributed by atoms with Crippen LogP contribution in [0.5, 0.6) is 5.75 Å². The molecule has 0 unspecified atom stereocenters. The summed E-state index contributed by atoms with van der Waals surface area (Å²) in [4.78, 5) is 0.105. The summed E-state index contributed by atoms with van der Waals surface area (Å²) in [5.41, 5.74) is 5.38. The van der Waals surface area contributed by atoms with E-state index in [1.165, 1.54) is 6.07 Å². The van der Waals surface area contributed by atoms with Crippen molar-refractivity contribution in [2.24, 2.45) is 5.73 Å². The standard InChI is InChI=1S/C16H21ClN2O4S.ClH/c1-2-22-9-10-23-16-13-6-4-3-5-12(13)15(11-14(16)17)24(20,21)19-8-7-18;/h3-6,11,19H,2,7-10,18H2,1H3;1H. The molecule has 0 aromatic heterocycles. The fraction of sp³-hybridized carbons (Fsp3) is 0.375. The topological polar surface area (TPSA) is 90.6 Å². The van der Waals surface area contributed by atoms with Crippen molar-refractivity contribution in [1.82, 2.24) is 4.72 Å². The van der Waals surface area contributed by atoms with Gasteiger partial charge >= 0.3 is 0 Å². The minimum absolute atomic E-state index is 0. The van der Waals surface area contributed by atoms with Crippen LogP contribution in [0.25, 0.3) is 10.8 Å². The summed E-state index contributed by atoms with van der Waals surface area (Å²) < 4.78 is 38.4. The lowest BCUT2D eigenvalue weighted by molar-refractivity contribution is 0.111. The summed E-state index contributed by atoms with van der Waals surface area (Å²) in [6.45, 7) is 3.62. The zero-order chi connectivity index (χ0) is 17.6. The molecule has 0 atom stereocenters. The fourth-order valence-electron chi connectivity index (χ4n) is 2.27. The zero-order valence-corrected chi connectivity index (χ0v) is 16.2. The van der Waals surface area contributed by atoms with E-state index in [-0.39, 0.29) is 35.4 Å². The van der Waals surface area contributed by atoms with E-state index in [2.05, 4.69) is 4.72 Å². The summed E-state index contributed by atoms with van der Waals surface area (Å²) in [6.07, 6.45) is 0. The van der Waals surface area contributed by atoms with Crippen LogP contribution >= 0.6 is 24.0 Å². The Labute approximate surface area is 159 Å². The third kappa shape index (κ3) is 5.44. The Morgan fingerprint density at radius 3 is 2.52 bits per heavy atom. The maximum Gasteiger partial charge on any atom is 0.241 e. The second-order valence-electron chi connectivity index (χ2n) is 4.96. The summed E-state index contributed by atoms with van der Waals surface area (Å²) in [6, 6.07) is 8.47. The van der Waals surface area contributed by atoms with Gasteiger partial charge in [-0.2, -0.15) is 0 Å². The van der Waals surface area contributed by atoms with Gasteiger partial charge in [0.2, 0.25) is 10.0 Å². The molecule has 0 radical (unpaired) electrons. The van der Waals surface area contributed by atoms with Crippen molar-refractivity contribution >= 4 is 44.8 Å². The van der Waals surface area contributed by atoms with Crippen LogP contribution in [0.15, 0.2) is 35.2 Å². The molecule has 140 valence electrons. The third-order valence-corrected chi connectivity index (χ3v) is 5.10. The highest BCUT2D eigenvalue weighted by molar-refractivity contribution is 7.89. The highest BCUT2D eigenvalue weighted by atomic mass is 35.5. The monoisotopic (exact) mass is 408 g/mol. The third-order valence-electron chi connectivity index (χ3n) is 3.32. The van der Waals surface area contributed by atoms with Crippen LogP contribution in [0, 0.1) is 0 Å². The normalized spacial score (nSPS) is 11.3. The van der Waals surface area contributed by atoms with Crippen molar-refractivity contribution in [2.45, 2.75) is 11.8 Å². The van der Waals surface area contributed by atoms with Gasteiger partial charge in [0.15, 0.2) is 0 Å². The molecule has 0 heterocycles. The van der Waals surface area contributed by atoms with E-state index in [0.29, 0.717) is 36.3 Å². The van der Waals surface area contributed by atoms with Crippen LogP contribution < -0.4 is 15.2 Å². The fourth-order valence-corrected chi connectivity index (χ4v) is 3.88. The molecule has 25 heavy (non-hydrogen) atoms. The molecule has 0 amide bonds. The van der Waals surface area contributed by atoms with Crippen molar-refractivity contribution < 1.29 is 17.9 Å². The van der Waals surface area contributed by atoms with Gasteiger partial charge in [-0.05, 0) is 13.0 Å². The van der Waals surface area contributed by atoms with Gasteiger partial charge in [0.25, 0.3) is 0 Å². The van der Waals surface area contributed by atoms with Crippen molar-refractivity contribution in [3.63, 3.8) is 0 Å². The van der Waals surface area contributed by atoms with E-state index in [0.717, 1.165) is 0 Å². The van der Waals surface area contributed by atoms with Crippen molar-refractivity contribution in [2.75, 3.05) is 32.9 Å². The number of fused-ring (bicyclic) bond motifs is 1. The Morgan fingerprint density at radius 1 is 1.20 bits per heavy atom. The summed E-state index contributed by atoms with van der Waals surface area (Å²) >= 11 is 6.28. The van der Waals surface area contributed by atoms with Gasteiger partial charge in [0, 0.05) is 30.5 Å². The molecule has 3 N–H and O–H groups in total. The maximum atomic E-state index is 12.5. The number of hydrogen-bond donors (Lipinski definition) is 2. The number of nitrogens with one attached hydrogen (secondary N) is 1. The summed E-state index contributed by atoms with van der Waals surface area (Å²) in [5, 5.41) is 1.41. The largest absolute Gasteiger partial charge is 0.489 e. The van der Waals surface area contributed by atoms with E-state index in [9.17, 15) is 8.42 Å². The molecule has 2 rings (SSSR count). The van der Waals surface area contributed by atoms with Crippen LogP contribution in [-0.4, -0.2) is 41.3 Å². The van der Waals surface area contributed by atoms with Crippen LogP contribution in [0.4, 0.5) is 0 Å². The molecule has 6 nitrogen and oxygen atoms in total. The van der Waals surface area contributed by atoms with Gasteiger partial charge in [-0.25, -0.2) is 13.1 Å². The van der Waals surface area contributed by atoms with Crippen LogP contribution in [0.3, 0.4) is 0 Å². The predicted molar refractivity (Wildman–Crippen MR) is 102 cm³/mol. The van der Waals surface area contributed by atoms with Gasteiger partial charge in [0.1, 0.15) is 12.4 Å². The highest BCUT2D eigenvalue weighted by Crippen LogP contribution is 2.37. The number of benzene rings is 2. The van der Waals surface area contributed by atoms with Gasteiger partial charge in [-0.15, -0.1) is 12.4 Å². The van der Waals surface area contributed by atoms with E-state index in [1.807, 2.05) is 6.92 Å². The summed E-state index contributed by atoms with van der Waals surface area (Å²) in [7, 11) is -3.71. The van der Waals surface area contributed by atoms with Gasteiger partial charge < -0.3 is 15.2 Å². The molecule has 0 saturated heterocycles. The molecular formula is C16H22Cl2N2O4S. The Morgan fingerprint density at radius 2 is 1.88 bits per heavy atom. The lowest BCUT2D eigenvalue weighted by Gasteiger charge is -2.15. The number of sulfonamides is 1. The molecule has 0 aliphatic carbocycles. The number of rotatable bonds is 9. The molecule has 2 aromatic rings. The molecule has 0 aliphatic heterocycles. The molecular weight excluding hydrogens is 387 g/mol. The second-order valence-corrected chi connectivity index (χ2v) is 7.11. The molecule has 0 aliphatic rings. The van der Waals surface area contributed by atoms with Crippen molar-refractivity contribution in [3.8, 4) is 5.75 Å². The molecule has 9 heteroatoms. The first kappa shape index (κ1) is 22.0. The Balaban J connectivity index is 0.00000312. The van der Waals surface area contributed by atoms with Gasteiger partial charge in [0.05, 0.1) is 16.5 Å². The Kier molecular flexibility index (Phi) is 8.92. The van der Waals surface area contributed by atoms with Crippen LogP contribution in [0.2, 0.25) is 5.02 Å². The smallest absolute Gasteiger partial charge is 0.241 e. The zero-order valence-electron chi connectivity index (χ0n) is 13.8. The molecule has 0 fully saturated rings. The number of halogens is 2. The second kappa shape index (κ2) is 10.2. The average Bonchev–Trinajstić information content (AvgIpc) is 2.58. The van der Waals surface area contributed by atoms with E-state index in [4.69, 9.17) is 26.8 Å². The first-order chi connectivity index (χ1) is 11.5. The van der Waals surface area contributed by atoms with E-state index < -0.39 is 10.0 Å².